The summed E-state index contributed by atoms with van der Waals surface area (Å²) in [5.74, 6) is -0.478. The number of aliphatic hydroxyl groups is 1. The molecule has 0 spiro atoms. The van der Waals surface area contributed by atoms with Gasteiger partial charge < -0.3 is 15.7 Å². The van der Waals surface area contributed by atoms with Gasteiger partial charge in [-0.15, -0.1) is 0 Å². The molecule has 1 unspecified atom stereocenters. The summed E-state index contributed by atoms with van der Waals surface area (Å²) in [6.45, 7) is 6.24. The van der Waals surface area contributed by atoms with Gasteiger partial charge in [-0.1, -0.05) is 11.6 Å². The number of amides is 1. The predicted molar refractivity (Wildman–Crippen MR) is 81.5 cm³/mol. The van der Waals surface area contributed by atoms with Crippen LogP contribution in [-0.4, -0.2) is 40.4 Å². The van der Waals surface area contributed by atoms with Crippen LogP contribution >= 0.6 is 11.6 Å². The van der Waals surface area contributed by atoms with Crippen LogP contribution in [0.15, 0.2) is 12.3 Å². The maximum Gasteiger partial charge on any atom is 0.255 e. The number of hydrogen-bond acceptors (Lipinski definition) is 4. The zero-order chi connectivity index (χ0) is 16.2. The largest absolute Gasteiger partial charge is 0.387 e. The van der Waals surface area contributed by atoms with Gasteiger partial charge in [0.25, 0.3) is 5.91 Å². The molecule has 0 bridgehead atoms. The van der Waals surface area contributed by atoms with Crippen molar-refractivity contribution in [1.29, 1.82) is 0 Å². The second-order valence-electron chi connectivity index (χ2n) is 5.68. The van der Waals surface area contributed by atoms with Gasteiger partial charge in [0.1, 0.15) is 11.3 Å². The van der Waals surface area contributed by atoms with E-state index in [1.807, 2.05) is 13.8 Å². The van der Waals surface area contributed by atoms with E-state index in [1.54, 1.807) is 6.07 Å². The first-order valence-electron chi connectivity index (χ1n) is 6.68. The number of nitrogens with one attached hydrogen (secondary N) is 2. The Bertz CT molecular complexity index is 503. The van der Waals surface area contributed by atoms with Crippen LogP contribution in [0.5, 0.6) is 0 Å². The summed E-state index contributed by atoms with van der Waals surface area (Å²) >= 11 is 5.82. The molecule has 0 aliphatic rings. The molecule has 1 amide bonds. The van der Waals surface area contributed by atoms with Gasteiger partial charge >= 0.3 is 0 Å². The topological polar surface area (TPSA) is 74.2 Å². The average molecular weight is 318 g/mol. The fraction of sp³-hybridized carbons (Fsp3) is 0.571. The lowest BCUT2D eigenvalue weighted by molar-refractivity contribution is -0.00177. The van der Waals surface area contributed by atoms with Crippen molar-refractivity contribution in [2.24, 2.45) is 0 Å². The van der Waals surface area contributed by atoms with E-state index in [2.05, 4.69) is 15.6 Å². The maximum absolute atomic E-state index is 13.6. The van der Waals surface area contributed by atoms with Crippen molar-refractivity contribution < 1.29 is 14.3 Å². The Morgan fingerprint density at radius 3 is 2.67 bits per heavy atom. The predicted octanol–water partition coefficient (Wildman–Crippen LogP) is 2.39. The highest BCUT2D eigenvalue weighted by molar-refractivity contribution is 6.29. The molecule has 7 heteroatoms. The molecule has 21 heavy (non-hydrogen) atoms. The van der Waals surface area contributed by atoms with Gasteiger partial charge in [-0.2, -0.15) is 0 Å². The van der Waals surface area contributed by atoms with E-state index in [1.165, 1.54) is 20.0 Å². The number of carbonyl (C=O) groups is 1. The molecule has 1 rings (SSSR count). The van der Waals surface area contributed by atoms with E-state index < -0.39 is 17.7 Å². The molecule has 0 saturated carbocycles. The van der Waals surface area contributed by atoms with E-state index in [-0.39, 0.29) is 23.3 Å². The number of pyridine rings is 1. The molecule has 118 valence electrons. The molecule has 0 aromatic carbocycles. The molecule has 0 aliphatic carbocycles. The lowest BCUT2D eigenvalue weighted by Gasteiger charge is -2.22. The molecule has 1 aromatic heterocycles. The molecule has 1 heterocycles. The summed E-state index contributed by atoms with van der Waals surface area (Å²) < 4.78 is 13.6. The Labute approximate surface area is 128 Å². The number of nitrogens with zero attached hydrogens (tertiary/aromatic N) is 1. The fourth-order valence-corrected chi connectivity index (χ4v) is 1.73. The highest BCUT2D eigenvalue weighted by Crippen LogP contribution is 2.20. The van der Waals surface area contributed by atoms with Crippen LogP contribution in [0.25, 0.3) is 0 Å². The van der Waals surface area contributed by atoms with Crippen LogP contribution in [-0.2, 0) is 0 Å². The molecule has 0 radical (unpaired) electrons. The third-order valence-electron chi connectivity index (χ3n) is 2.77. The third kappa shape index (κ3) is 5.47. The van der Waals surface area contributed by atoms with Crippen molar-refractivity contribution in [2.45, 2.75) is 45.5 Å². The summed E-state index contributed by atoms with van der Waals surface area (Å²) in [7, 11) is 0. The van der Waals surface area contributed by atoms with Crippen LogP contribution in [0, 0.1) is 0 Å². The summed E-state index contributed by atoms with van der Waals surface area (Å²) in [4.78, 5) is 16.0. The highest BCUT2D eigenvalue weighted by atomic mass is 35.5. The standard InChI is InChI=1S/C14H21ClFN3O2/c1-8(2)19-10-5-12(15)17-6-9(10)13(20)18-7-11(16)14(3,4)21/h5-6,8,11,21H,7H2,1-4H3,(H,17,19)(H,18,20). The van der Waals surface area contributed by atoms with Gasteiger partial charge in [-0.25, -0.2) is 9.37 Å². The van der Waals surface area contributed by atoms with Gasteiger partial charge in [0.15, 0.2) is 0 Å². The van der Waals surface area contributed by atoms with Crippen LogP contribution in [0.4, 0.5) is 10.1 Å². The second-order valence-corrected chi connectivity index (χ2v) is 6.07. The van der Waals surface area contributed by atoms with Crippen LogP contribution < -0.4 is 10.6 Å². The summed E-state index contributed by atoms with van der Waals surface area (Å²) in [6, 6.07) is 1.64. The smallest absolute Gasteiger partial charge is 0.255 e. The first kappa shape index (κ1) is 17.7. The van der Waals surface area contributed by atoms with Gasteiger partial charge in [0, 0.05) is 12.2 Å². The summed E-state index contributed by atoms with van der Waals surface area (Å²) in [6.07, 6.45) is -0.233. The molecule has 3 N–H and O–H groups in total. The van der Waals surface area contributed by atoms with Crippen molar-refractivity contribution in [3.8, 4) is 0 Å². The molecule has 5 nitrogen and oxygen atoms in total. The Hall–Kier alpha value is -1.40. The molecule has 1 aromatic rings. The number of hydrogen-bond donors (Lipinski definition) is 3. The monoisotopic (exact) mass is 317 g/mol. The van der Waals surface area contributed by atoms with E-state index >= 15 is 0 Å². The molecule has 0 saturated heterocycles. The number of anilines is 1. The van der Waals surface area contributed by atoms with Crippen LogP contribution in [0.2, 0.25) is 5.15 Å². The van der Waals surface area contributed by atoms with Crippen LogP contribution in [0.3, 0.4) is 0 Å². The number of alkyl halides is 1. The van der Waals surface area contributed by atoms with E-state index in [4.69, 9.17) is 11.6 Å². The molecule has 0 aliphatic heterocycles. The van der Waals surface area contributed by atoms with Crippen molar-refractivity contribution in [2.75, 3.05) is 11.9 Å². The minimum Gasteiger partial charge on any atom is -0.387 e. The third-order valence-corrected chi connectivity index (χ3v) is 2.97. The lowest BCUT2D eigenvalue weighted by Crippen LogP contribution is -2.42. The van der Waals surface area contributed by atoms with Gasteiger partial charge in [0.2, 0.25) is 0 Å². The second kappa shape index (κ2) is 7.04. The first-order valence-corrected chi connectivity index (χ1v) is 7.05. The zero-order valence-corrected chi connectivity index (χ0v) is 13.3. The quantitative estimate of drug-likeness (QED) is 0.704. The maximum atomic E-state index is 13.6. The fourth-order valence-electron chi connectivity index (χ4n) is 1.57. The van der Waals surface area contributed by atoms with Crippen LogP contribution in [0.1, 0.15) is 38.1 Å². The number of rotatable bonds is 6. The first-order chi connectivity index (χ1) is 9.61. The molecular formula is C14H21ClFN3O2. The minimum absolute atomic E-state index is 0.0975. The Balaban J connectivity index is 2.82. The summed E-state index contributed by atoms with van der Waals surface area (Å²) in [5, 5.41) is 15.3. The highest BCUT2D eigenvalue weighted by Gasteiger charge is 2.27. The van der Waals surface area contributed by atoms with Gasteiger partial charge in [0.05, 0.1) is 23.4 Å². The zero-order valence-electron chi connectivity index (χ0n) is 12.6. The lowest BCUT2D eigenvalue weighted by atomic mass is 10.0. The normalized spacial score (nSPS) is 13.1. The number of halogens is 2. The molecular weight excluding hydrogens is 297 g/mol. The summed E-state index contributed by atoms with van der Waals surface area (Å²) in [5.41, 5.74) is -0.706. The van der Waals surface area contributed by atoms with E-state index in [0.29, 0.717) is 5.69 Å². The minimum atomic E-state index is -1.57. The Morgan fingerprint density at radius 1 is 1.52 bits per heavy atom. The average Bonchev–Trinajstić information content (AvgIpc) is 2.33. The van der Waals surface area contributed by atoms with Gasteiger partial charge in [-0.3, -0.25) is 4.79 Å². The molecule has 0 fully saturated rings. The van der Waals surface area contributed by atoms with Crippen molar-refractivity contribution in [3.63, 3.8) is 0 Å². The Morgan fingerprint density at radius 2 is 2.14 bits per heavy atom. The van der Waals surface area contributed by atoms with Crippen molar-refractivity contribution in [3.05, 3.63) is 23.0 Å². The number of aromatic nitrogens is 1. The SMILES string of the molecule is CC(C)Nc1cc(Cl)ncc1C(=O)NCC(F)C(C)(C)O. The van der Waals surface area contributed by atoms with Gasteiger partial charge in [-0.05, 0) is 33.8 Å². The molecule has 1 atom stereocenters. The van der Waals surface area contributed by atoms with Crippen molar-refractivity contribution in [1.82, 2.24) is 10.3 Å². The van der Waals surface area contributed by atoms with E-state index in [0.717, 1.165) is 0 Å². The van der Waals surface area contributed by atoms with Crippen molar-refractivity contribution >= 4 is 23.2 Å². The number of carbonyl (C=O) groups excluding carboxylic acids is 1. The van der Waals surface area contributed by atoms with E-state index in [9.17, 15) is 14.3 Å². The Kier molecular flexibility index (Phi) is 5.92.